The van der Waals surface area contributed by atoms with Crippen LogP contribution >= 0.6 is 11.3 Å². The van der Waals surface area contributed by atoms with Gasteiger partial charge in [0.1, 0.15) is 0 Å². The first-order valence-corrected chi connectivity index (χ1v) is 6.73. The SMILES string of the molecule is Cc1cscc1C(=O)N1CCC(C)(C#N)CC1. The van der Waals surface area contributed by atoms with Gasteiger partial charge in [-0.15, -0.1) is 0 Å². The molecule has 1 aromatic rings. The van der Waals surface area contributed by atoms with E-state index in [0.29, 0.717) is 13.1 Å². The zero-order chi connectivity index (χ0) is 12.5. The van der Waals surface area contributed by atoms with E-state index < -0.39 is 0 Å². The minimum Gasteiger partial charge on any atom is -0.339 e. The number of piperidine rings is 1. The van der Waals surface area contributed by atoms with E-state index >= 15 is 0 Å². The van der Waals surface area contributed by atoms with Crippen LogP contribution in [0.15, 0.2) is 10.8 Å². The maximum Gasteiger partial charge on any atom is 0.254 e. The van der Waals surface area contributed by atoms with E-state index in [0.717, 1.165) is 24.0 Å². The summed E-state index contributed by atoms with van der Waals surface area (Å²) in [7, 11) is 0. The Morgan fingerprint density at radius 1 is 1.47 bits per heavy atom. The summed E-state index contributed by atoms with van der Waals surface area (Å²) in [5, 5.41) is 13.0. The predicted octanol–water partition coefficient (Wildman–Crippen LogP) is 2.82. The summed E-state index contributed by atoms with van der Waals surface area (Å²) in [4.78, 5) is 14.1. The first kappa shape index (κ1) is 12.1. The molecular weight excluding hydrogens is 232 g/mol. The van der Waals surface area contributed by atoms with Gasteiger partial charge in [0.05, 0.1) is 17.0 Å². The van der Waals surface area contributed by atoms with E-state index in [1.807, 2.05) is 29.5 Å². The monoisotopic (exact) mass is 248 g/mol. The molecule has 0 saturated carbocycles. The van der Waals surface area contributed by atoms with Gasteiger partial charge >= 0.3 is 0 Å². The van der Waals surface area contributed by atoms with Crippen LogP contribution in [0.3, 0.4) is 0 Å². The number of thiophene rings is 1. The van der Waals surface area contributed by atoms with Crippen LogP contribution in [0.5, 0.6) is 0 Å². The Labute approximate surface area is 106 Å². The normalized spacial score (nSPS) is 18.8. The van der Waals surface area contributed by atoms with Crippen LogP contribution in [-0.4, -0.2) is 23.9 Å². The van der Waals surface area contributed by atoms with Gasteiger partial charge in [-0.05, 0) is 37.6 Å². The maximum atomic E-state index is 12.2. The van der Waals surface area contributed by atoms with Crippen molar-refractivity contribution >= 4 is 17.2 Å². The van der Waals surface area contributed by atoms with Crippen LogP contribution in [0.25, 0.3) is 0 Å². The first-order valence-electron chi connectivity index (χ1n) is 5.79. The lowest BCUT2D eigenvalue weighted by Crippen LogP contribution is -2.41. The van der Waals surface area contributed by atoms with Crippen LogP contribution in [-0.2, 0) is 0 Å². The number of nitriles is 1. The second-order valence-corrected chi connectivity index (χ2v) is 5.68. The van der Waals surface area contributed by atoms with Gasteiger partial charge in [-0.1, -0.05) is 0 Å². The maximum absolute atomic E-state index is 12.2. The molecule has 0 unspecified atom stereocenters. The molecule has 0 N–H and O–H groups in total. The highest BCUT2D eigenvalue weighted by atomic mass is 32.1. The van der Waals surface area contributed by atoms with Crippen molar-refractivity contribution in [1.29, 1.82) is 5.26 Å². The van der Waals surface area contributed by atoms with E-state index in [1.54, 1.807) is 11.3 Å². The van der Waals surface area contributed by atoms with Crippen molar-refractivity contribution in [3.05, 3.63) is 21.9 Å². The summed E-state index contributed by atoms with van der Waals surface area (Å²) in [6.07, 6.45) is 1.55. The van der Waals surface area contributed by atoms with Crippen molar-refractivity contribution in [3.8, 4) is 6.07 Å². The largest absolute Gasteiger partial charge is 0.339 e. The van der Waals surface area contributed by atoms with Gasteiger partial charge in [0.25, 0.3) is 5.91 Å². The van der Waals surface area contributed by atoms with Crippen molar-refractivity contribution in [2.75, 3.05) is 13.1 Å². The summed E-state index contributed by atoms with van der Waals surface area (Å²) in [6, 6.07) is 2.35. The Balaban J connectivity index is 2.06. The lowest BCUT2D eigenvalue weighted by Gasteiger charge is -2.34. The molecule has 1 aromatic heterocycles. The molecule has 1 fully saturated rings. The first-order chi connectivity index (χ1) is 8.06. The lowest BCUT2D eigenvalue weighted by molar-refractivity contribution is 0.0661. The van der Waals surface area contributed by atoms with Crippen molar-refractivity contribution in [3.63, 3.8) is 0 Å². The molecule has 2 heterocycles. The molecule has 1 aliphatic heterocycles. The number of amides is 1. The molecule has 0 aliphatic carbocycles. The molecule has 0 bridgehead atoms. The van der Waals surface area contributed by atoms with Gasteiger partial charge in [-0.2, -0.15) is 16.6 Å². The smallest absolute Gasteiger partial charge is 0.254 e. The molecule has 4 heteroatoms. The molecule has 0 spiro atoms. The molecule has 3 nitrogen and oxygen atoms in total. The average molecular weight is 248 g/mol. The van der Waals surface area contributed by atoms with Crippen LogP contribution in [0.1, 0.15) is 35.7 Å². The highest BCUT2D eigenvalue weighted by Gasteiger charge is 2.32. The molecule has 0 atom stereocenters. The van der Waals surface area contributed by atoms with Gasteiger partial charge in [-0.25, -0.2) is 0 Å². The fourth-order valence-electron chi connectivity index (χ4n) is 2.07. The zero-order valence-corrected chi connectivity index (χ0v) is 11.0. The standard InChI is InChI=1S/C13H16N2OS/c1-10-7-17-8-11(10)12(16)15-5-3-13(2,9-14)4-6-15/h7-8H,3-6H2,1-2H3. The van der Waals surface area contributed by atoms with Crippen molar-refractivity contribution < 1.29 is 4.79 Å². The van der Waals surface area contributed by atoms with Crippen LogP contribution in [0.4, 0.5) is 0 Å². The van der Waals surface area contributed by atoms with Crippen molar-refractivity contribution in [2.24, 2.45) is 5.41 Å². The van der Waals surface area contributed by atoms with Crippen LogP contribution < -0.4 is 0 Å². The highest BCUT2D eigenvalue weighted by molar-refractivity contribution is 7.08. The van der Waals surface area contributed by atoms with Crippen LogP contribution in [0, 0.1) is 23.7 Å². The highest BCUT2D eigenvalue weighted by Crippen LogP contribution is 2.30. The summed E-state index contributed by atoms with van der Waals surface area (Å²) >= 11 is 1.56. The average Bonchev–Trinajstić information content (AvgIpc) is 2.76. The number of carbonyl (C=O) groups excluding carboxylic acids is 1. The molecule has 17 heavy (non-hydrogen) atoms. The number of carbonyl (C=O) groups is 1. The Morgan fingerprint density at radius 2 is 2.12 bits per heavy atom. The van der Waals surface area contributed by atoms with E-state index in [9.17, 15) is 4.79 Å². The molecule has 1 saturated heterocycles. The van der Waals surface area contributed by atoms with Crippen LogP contribution in [0.2, 0.25) is 0 Å². The number of likely N-dealkylation sites (tertiary alicyclic amines) is 1. The minimum absolute atomic E-state index is 0.115. The fourth-order valence-corrected chi connectivity index (χ4v) is 2.89. The quantitative estimate of drug-likeness (QED) is 0.767. The van der Waals surface area contributed by atoms with E-state index in [-0.39, 0.29) is 11.3 Å². The Morgan fingerprint density at radius 3 is 2.59 bits per heavy atom. The third-order valence-electron chi connectivity index (χ3n) is 3.51. The van der Waals surface area contributed by atoms with Gasteiger partial charge in [0.2, 0.25) is 0 Å². The molecule has 0 radical (unpaired) electrons. The van der Waals surface area contributed by atoms with Crippen molar-refractivity contribution in [2.45, 2.75) is 26.7 Å². The molecule has 0 aromatic carbocycles. The molecular formula is C13H16N2OS. The Bertz CT molecular complexity index is 464. The third kappa shape index (κ3) is 2.34. The van der Waals surface area contributed by atoms with Gasteiger partial charge in [0.15, 0.2) is 0 Å². The zero-order valence-electron chi connectivity index (χ0n) is 10.2. The lowest BCUT2D eigenvalue weighted by atomic mass is 9.82. The molecule has 2 rings (SSSR count). The number of aryl methyl sites for hydroxylation is 1. The summed E-state index contributed by atoms with van der Waals surface area (Å²) in [5.74, 6) is 0.115. The topological polar surface area (TPSA) is 44.1 Å². The van der Waals surface area contributed by atoms with Gasteiger partial charge in [-0.3, -0.25) is 4.79 Å². The van der Waals surface area contributed by atoms with Crippen molar-refractivity contribution in [1.82, 2.24) is 4.90 Å². The van der Waals surface area contributed by atoms with Gasteiger partial charge < -0.3 is 4.90 Å². The fraction of sp³-hybridized carbons (Fsp3) is 0.538. The van der Waals surface area contributed by atoms with E-state index in [2.05, 4.69) is 6.07 Å². The summed E-state index contributed by atoms with van der Waals surface area (Å²) in [5.41, 5.74) is 1.62. The second kappa shape index (κ2) is 4.50. The molecule has 1 amide bonds. The minimum atomic E-state index is -0.250. The Hall–Kier alpha value is -1.34. The van der Waals surface area contributed by atoms with E-state index in [1.165, 1.54) is 0 Å². The summed E-state index contributed by atoms with van der Waals surface area (Å²) in [6.45, 7) is 5.33. The number of hydrogen-bond donors (Lipinski definition) is 0. The van der Waals surface area contributed by atoms with E-state index in [4.69, 9.17) is 5.26 Å². The third-order valence-corrected chi connectivity index (χ3v) is 4.37. The van der Waals surface area contributed by atoms with Gasteiger partial charge in [0, 0.05) is 18.5 Å². The second-order valence-electron chi connectivity index (χ2n) is 4.93. The molecule has 1 aliphatic rings. The summed E-state index contributed by atoms with van der Waals surface area (Å²) < 4.78 is 0. The Kier molecular flexibility index (Phi) is 3.21. The number of rotatable bonds is 1. The number of nitrogens with zero attached hydrogens (tertiary/aromatic N) is 2. The number of hydrogen-bond acceptors (Lipinski definition) is 3. The molecule has 90 valence electrons. The predicted molar refractivity (Wildman–Crippen MR) is 67.9 cm³/mol.